The predicted octanol–water partition coefficient (Wildman–Crippen LogP) is 4.68. The zero-order valence-corrected chi connectivity index (χ0v) is 13.3. The van der Waals surface area contributed by atoms with Gasteiger partial charge in [0.15, 0.2) is 0 Å². The first-order valence-electron chi connectivity index (χ1n) is 8.46. The summed E-state index contributed by atoms with van der Waals surface area (Å²) in [5.74, 6) is 0. The second kappa shape index (κ2) is 12.9. The van der Waals surface area contributed by atoms with Gasteiger partial charge in [-0.3, -0.25) is 0 Å². The minimum absolute atomic E-state index is 0.144. The Morgan fingerprint density at radius 2 is 0.947 bits per heavy atom. The molecule has 0 aromatic carbocycles. The minimum atomic E-state index is -0.210. The quantitative estimate of drug-likeness (QED) is 0.451. The van der Waals surface area contributed by atoms with Gasteiger partial charge in [-0.05, 0) is 12.8 Å². The molecule has 0 atom stereocenters. The zero-order chi connectivity index (χ0) is 14.4. The molecule has 116 valence electrons. The van der Waals surface area contributed by atoms with Gasteiger partial charge in [0.2, 0.25) is 0 Å². The van der Waals surface area contributed by atoms with Gasteiger partial charge in [0.25, 0.3) is 0 Å². The lowest BCUT2D eigenvalue weighted by Gasteiger charge is -2.30. The Balaban J connectivity index is 3.83. The van der Waals surface area contributed by atoms with E-state index in [9.17, 15) is 10.2 Å². The lowest BCUT2D eigenvalue weighted by molar-refractivity contribution is 0.0353. The maximum Gasteiger partial charge on any atom is 0.0509 e. The Bertz CT molecular complexity index is 160. The van der Waals surface area contributed by atoms with Gasteiger partial charge in [-0.1, -0.05) is 78.1 Å². The van der Waals surface area contributed by atoms with Gasteiger partial charge >= 0.3 is 0 Å². The molecule has 2 N–H and O–H groups in total. The van der Waals surface area contributed by atoms with E-state index in [4.69, 9.17) is 0 Å². The van der Waals surface area contributed by atoms with E-state index in [1.807, 2.05) is 0 Å². The van der Waals surface area contributed by atoms with Crippen molar-refractivity contribution in [3.8, 4) is 0 Å². The molecule has 0 heterocycles. The van der Waals surface area contributed by atoms with Gasteiger partial charge in [0, 0.05) is 5.41 Å². The fourth-order valence-electron chi connectivity index (χ4n) is 2.70. The molecule has 0 aliphatic carbocycles. The van der Waals surface area contributed by atoms with Crippen LogP contribution < -0.4 is 0 Å². The molecule has 19 heavy (non-hydrogen) atoms. The van der Waals surface area contributed by atoms with Gasteiger partial charge in [0.05, 0.1) is 13.2 Å². The molecule has 0 amide bonds. The van der Waals surface area contributed by atoms with Gasteiger partial charge in [0.1, 0.15) is 0 Å². The lowest BCUT2D eigenvalue weighted by Crippen LogP contribution is -2.29. The molecular formula is C17H36O2. The molecule has 0 aromatic heterocycles. The number of aliphatic hydroxyl groups excluding tert-OH is 2. The van der Waals surface area contributed by atoms with Crippen molar-refractivity contribution >= 4 is 0 Å². The van der Waals surface area contributed by atoms with Gasteiger partial charge in [-0.25, -0.2) is 0 Å². The van der Waals surface area contributed by atoms with E-state index in [1.54, 1.807) is 0 Å². The maximum atomic E-state index is 9.62. The molecule has 0 aliphatic rings. The highest BCUT2D eigenvalue weighted by Gasteiger charge is 2.27. The van der Waals surface area contributed by atoms with Crippen molar-refractivity contribution in [1.82, 2.24) is 0 Å². The Morgan fingerprint density at radius 1 is 0.579 bits per heavy atom. The van der Waals surface area contributed by atoms with E-state index in [0.29, 0.717) is 0 Å². The Labute approximate surface area is 120 Å². The molecule has 0 bridgehead atoms. The van der Waals surface area contributed by atoms with Crippen LogP contribution in [0.1, 0.15) is 90.9 Å². The minimum Gasteiger partial charge on any atom is -0.396 e. The van der Waals surface area contributed by atoms with Crippen molar-refractivity contribution in [2.75, 3.05) is 13.2 Å². The third kappa shape index (κ3) is 9.45. The van der Waals surface area contributed by atoms with Crippen molar-refractivity contribution in [3.05, 3.63) is 0 Å². The highest BCUT2D eigenvalue weighted by Crippen LogP contribution is 2.31. The fourth-order valence-corrected chi connectivity index (χ4v) is 2.70. The zero-order valence-electron chi connectivity index (χ0n) is 13.3. The van der Waals surface area contributed by atoms with Crippen LogP contribution in [0.2, 0.25) is 0 Å². The van der Waals surface area contributed by atoms with Crippen molar-refractivity contribution in [2.24, 2.45) is 5.41 Å². The molecule has 0 radical (unpaired) electrons. The molecule has 0 unspecified atom stereocenters. The van der Waals surface area contributed by atoms with Crippen molar-refractivity contribution in [1.29, 1.82) is 0 Å². The van der Waals surface area contributed by atoms with Crippen molar-refractivity contribution in [2.45, 2.75) is 90.9 Å². The summed E-state index contributed by atoms with van der Waals surface area (Å²) in [5, 5.41) is 19.2. The average molecular weight is 272 g/mol. The van der Waals surface area contributed by atoms with Crippen LogP contribution >= 0.6 is 0 Å². The maximum absolute atomic E-state index is 9.62. The summed E-state index contributed by atoms with van der Waals surface area (Å²) in [6, 6.07) is 0. The van der Waals surface area contributed by atoms with Crippen LogP contribution in [-0.4, -0.2) is 23.4 Å². The molecule has 0 saturated heterocycles. The molecule has 0 rings (SSSR count). The summed E-state index contributed by atoms with van der Waals surface area (Å²) in [6.07, 6.45) is 14.5. The van der Waals surface area contributed by atoms with E-state index in [1.165, 1.54) is 51.4 Å². The summed E-state index contributed by atoms with van der Waals surface area (Å²) >= 11 is 0. The molecule has 2 nitrogen and oxygen atoms in total. The number of rotatable bonds is 14. The second-order valence-corrected chi connectivity index (χ2v) is 6.14. The van der Waals surface area contributed by atoms with Crippen molar-refractivity contribution < 1.29 is 10.2 Å². The summed E-state index contributed by atoms with van der Waals surface area (Å²) in [6.45, 7) is 4.74. The monoisotopic (exact) mass is 272 g/mol. The Hall–Kier alpha value is -0.0800. The van der Waals surface area contributed by atoms with Gasteiger partial charge in [-0.15, -0.1) is 0 Å². The first-order valence-corrected chi connectivity index (χ1v) is 8.46. The predicted molar refractivity (Wildman–Crippen MR) is 83.4 cm³/mol. The van der Waals surface area contributed by atoms with Crippen LogP contribution in [0, 0.1) is 5.41 Å². The van der Waals surface area contributed by atoms with E-state index >= 15 is 0 Å². The number of unbranched alkanes of at least 4 members (excludes halogenated alkanes) is 8. The second-order valence-electron chi connectivity index (χ2n) is 6.14. The van der Waals surface area contributed by atoms with Crippen LogP contribution in [0.4, 0.5) is 0 Å². The molecule has 0 spiro atoms. The van der Waals surface area contributed by atoms with Gasteiger partial charge < -0.3 is 10.2 Å². The molecule has 0 aromatic rings. The van der Waals surface area contributed by atoms with E-state index < -0.39 is 0 Å². The van der Waals surface area contributed by atoms with Crippen LogP contribution in [0.15, 0.2) is 0 Å². The summed E-state index contributed by atoms with van der Waals surface area (Å²) in [7, 11) is 0. The molecular weight excluding hydrogens is 236 g/mol. The first-order chi connectivity index (χ1) is 9.24. The van der Waals surface area contributed by atoms with Gasteiger partial charge in [-0.2, -0.15) is 0 Å². The summed E-state index contributed by atoms with van der Waals surface area (Å²) in [4.78, 5) is 0. The summed E-state index contributed by atoms with van der Waals surface area (Å²) in [5.41, 5.74) is -0.210. The van der Waals surface area contributed by atoms with Crippen LogP contribution in [0.25, 0.3) is 0 Å². The van der Waals surface area contributed by atoms with E-state index in [-0.39, 0.29) is 18.6 Å². The average Bonchev–Trinajstić information content (AvgIpc) is 2.45. The first kappa shape index (κ1) is 18.9. The third-order valence-corrected chi connectivity index (χ3v) is 4.29. The lowest BCUT2D eigenvalue weighted by atomic mass is 9.79. The van der Waals surface area contributed by atoms with Crippen LogP contribution in [-0.2, 0) is 0 Å². The summed E-state index contributed by atoms with van der Waals surface area (Å²) < 4.78 is 0. The van der Waals surface area contributed by atoms with Crippen LogP contribution in [0.3, 0.4) is 0 Å². The number of hydrogen-bond donors (Lipinski definition) is 2. The molecule has 0 aliphatic heterocycles. The van der Waals surface area contributed by atoms with Crippen molar-refractivity contribution in [3.63, 3.8) is 0 Å². The largest absolute Gasteiger partial charge is 0.396 e. The molecule has 0 saturated carbocycles. The third-order valence-electron chi connectivity index (χ3n) is 4.29. The number of hydrogen-bond acceptors (Lipinski definition) is 2. The standard InChI is InChI=1S/C17H36O2/c1-3-5-7-9-11-13-17(15-18,16-19)14-12-10-8-6-4-2/h18-19H,3-16H2,1-2H3. The molecule has 2 heteroatoms. The molecule has 0 fully saturated rings. The normalized spacial score (nSPS) is 12.0. The Morgan fingerprint density at radius 3 is 1.26 bits per heavy atom. The Kier molecular flexibility index (Phi) is 12.9. The van der Waals surface area contributed by atoms with E-state index in [0.717, 1.165) is 25.7 Å². The smallest absolute Gasteiger partial charge is 0.0509 e. The number of aliphatic hydroxyl groups is 2. The van der Waals surface area contributed by atoms with Crippen LogP contribution in [0.5, 0.6) is 0 Å². The highest BCUT2D eigenvalue weighted by molar-refractivity contribution is 4.78. The fraction of sp³-hybridized carbons (Fsp3) is 1.00. The van der Waals surface area contributed by atoms with E-state index in [2.05, 4.69) is 13.8 Å². The topological polar surface area (TPSA) is 40.5 Å². The SMILES string of the molecule is CCCCCCCC(CO)(CO)CCCCCCC. The highest BCUT2D eigenvalue weighted by atomic mass is 16.3.